The molecule has 0 saturated heterocycles. The van der Waals surface area contributed by atoms with Gasteiger partial charge in [0.05, 0.1) is 0 Å². The monoisotopic (exact) mass is 216 g/mol. The SMILES string of the molecule is CC(=O)Cc1c(C)c(Cl)cc(F)c1O. The maximum Gasteiger partial charge on any atom is 0.166 e. The summed E-state index contributed by atoms with van der Waals surface area (Å²) in [5, 5.41) is 9.58. The lowest BCUT2D eigenvalue weighted by Crippen LogP contribution is -2.01. The molecule has 0 bridgehead atoms. The van der Waals surface area contributed by atoms with Crippen LogP contribution in [-0.2, 0) is 11.2 Å². The van der Waals surface area contributed by atoms with Gasteiger partial charge >= 0.3 is 0 Å². The molecule has 0 spiro atoms. The number of ketones is 1. The quantitative estimate of drug-likeness (QED) is 0.825. The molecule has 0 fully saturated rings. The molecular formula is C10H10ClFO2. The molecule has 0 aliphatic carbocycles. The molecule has 4 heteroatoms. The first-order chi connectivity index (χ1) is 6.43. The Hall–Kier alpha value is -1.09. The fourth-order valence-electron chi connectivity index (χ4n) is 1.22. The third-order valence-electron chi connectivity index (χ3n) is 2.00. The number of hydrogen-bond acceptors (Lipinski definition) is 2. The van der Waals surface area contributed by atoms with Crippen molar-refractivity contribution in [3.05, 3.63) is 28.0 Å². The predicted molar refractivity (Wildman–Crippen MR) is 52.2 cm³/mol. The van der Waals surface area contributed by atoms with Crippen molar-refractivity contribution in [3.63, 3.8) is 0 Å². The summed E-state index contributed by atoms with van der Waals surface area (Å²) in [5.41, 5.74) is 0.809. The largest absolute Gasteiger partial charge is 0.505 e. The molecule has 14 heavy (non-hydrogen) atoms. The van der Waals surface area contributed by atoms with E-state index in [4.69, 9.17) is 11.6 Å². The Morgan fingerprint density at radius 2 is 2.21 bits per heavy atom. The third kappa shape index (κ3) is 2.04. The van der Waals surface area contributed by atoms with Crippen molar-refractivity contribution in [3.8, 4) is 5.75 Å². The van der Waals surface area contributed by atoms with Crippen LogP contribution in [0.4, 0.5) is 4.39 Å². The summed E-state index contributed by atoms with van der Waals surface area (Å²) < 4.78 is 13.0. The Morgan fingerprint density at radius 3 is 2.71 bits per heavy atom. The minimum atomic E-state index is -0.795. The summed E-state index contributed by atoms with van der Waals surface area (Å²) >= 11 is 5.71. The number of rotatable bonds is 2. The maximum atomic E-state index is 13.0. The van der Waals surface area contributed by atoms with Crippen molar-refractivity contribution in [1.29, 1.82) is 0 Å². The van der Waals surface area contributed by atoms with E-state index in [9.17, 15) is 14.3 Å². The van der Waals surface area contributed by atoms with Gasteiger partial charge in [-0.3, -0.25) is 4.79 Å². The molecule has 1 aromatic carbocycles. The normalized spacial score (nSPS) is 10.3. The van der Waals surface area contributed by atoms with Gasteiger partial charge in [0.1, 0.15) is 5.78 Å². The maximum absolute atomic E-state index is 13.0. The zero-order valence-electron chi connectivity index (χ0n) is 7.90. The Bertz CT molecular complexity index is 362. The van der Waals surface area contributed by atoms with Gasteiger partial charge < -0.3 is 5.11 Å². The molecule has 76 valence electrons. The van der Waals surface area contributed by atoms with Crippen molar-refractivity contribution >= 4 is 17.4 Å². The molecule has 0 radical (unpaired) electrons. The topological polar surface area (TPSA) is 37.3 Å². The van der Waals surface area contributed by atoms with Crippen molar-refractivity contribution < 1.29 is 14.3 Å². The van der Waals surface area contributed by atoms with E-state index in [1.165, 1.54) is 6.92 Å². The second-order valence-corrected chi connectivity index (χ2v) is 3.58. The molecule has 1 aromatic rings. The molecule has 0 atom stereocenters. The first kappa shape index (κ1) is 11.0. The molecule has 2 nitrogen and oxygen atoms in total. The number of aromatic hydroxyl groups is 1. The number of carbonyl (C=O) groups excluding carboxylic acids is 1. The van der Waals surface area contributed by atoms with Gasteiger partial charge in [-0.2, -0.15) is 0 Å². The van der Waals surface area contributed by atoms with Gasteiger partial charge in [-0.25, -0.2) is 4.39 Å². The molecule has 0 unspecified atom stereocenters. The molecule has 1 N–H and O–H groups in total. The highest BCUT2D eigenvalue weighted by atomic mass is 35.5. The Labute approximate surface area is 86.3 Å². The molecule has 0 heterocycles. The van der Waals surface area contributed by atoms with Gasteiger partial charge in [0.15, 0.2) is 11.6 Å². The molecule has 1 rings (SSSR count). The van der Waals surface area contributed by atoms with Gasteiger partial charge in [0.25, 0.3) is 0 Å². The van der Waals surface area contributed by atoms with Crippen molar-refractivity contribution in [2.45, 2.75) is 20.3 Å². The van der Waals surface area contributed by atoms with Gasteiger partial charge in [-0.1, -0.05) is 11.6 Å². The summed E-state index contributed by atoms with van der Waals surface area (Å²) in [6, 6.07) is 1.04. The average molecular weight is 217 g/mol. The van der Waals surface area contributed by atoms with Crippen molar-refractivity contribution in [2.75, 3.05) is 0 Å². The Morgan fingerprint density at radius 1 is 1.64 bits per heavy atom. The van der Waals surface area contributed by atoms with E-state index < -0.39 is 11.6 Å². The molecule has 0 aliphatic heterocycles. The summed E-state index contributed by atoms with van der Waals surface area (Å²) in [4.78, 5) is 10.9. The second-order valence-electron chi connectivity index (χ2n) is 3.17. The number of benzene rings is 1. The number of hydrogen-bond donors (Lipinski definition) is 1. The fraction of sp³-hybridized carbons (Fsp3) is 0.300. The minimum absolute atomic E-state index is 0.00481. The lowest BCUT2D eigenvalue weighted by Gasteiger charge is -2.09. The highest BCUT2D eigenvalue weighted by Crippen LogP contribution is 2.30. The second kappa shape index (κ2) is 3.96. The van der Waals surface area contributed by atoms with Crippen LogP contribution in [0.2, 0.25) is 5.02 Å². The van der Waals surface area contributed by atoms with E-state index in [-0.39, 0.29) is 22.8 Å². The first-order valence-electron chi connectivity index (χ1n) is 4.09. The predicted octanol–water partition coefficient (Wildman–Crippen LogP) is 2.62. The standard InChI is InChI=1S/C10H10ClFO2/c1-5(13)3-7-6(2)8(11)4-9(12)10(7)14/h4,14H,3H2,1-2H3. The van der Waals surface area contributed by atoms with Crippen molar-refractivity contribution in [2.24, 2.45) is 0 Å². The molecule has 0 aromatic heterocycles. The van der Waals surface area contributed by atoms with Crippen LogP contribution in [0.5, 0.6) is 5.75 Å². The number of phenolic OH excluding ortho intramolecular Hbond substituents is 1. The first-order valence-corrected chi connectivity index (χ1v) is 4.47. The summed E-state index contributed by atoms with van der Waals surface area (Å²) in [6.07, 6.45) is -0.00481. The number of phenols is 1. The van der Waals surface area contributed by atoms with Gasteiger partial charge in [-0.05, 0) is 25.5 Å². The number of Topliss-reactive ketones (excluding diaryl/α,β-unsaturated/α-hetero) is 1. The van der Waals surface area contributed by atoms with E-state index in [0.717, 1.165) is 6.07 Å². The summed E-state index contributed by atoms with van der Waals surface area (Å²) in [7, 11) is 0. The highest BCUT2D eigenvalue weighted by Gasteiger charge is 2.15. The van der Waals surface area contributed by atoms with Crippen molar-refractivity contribution in [1.82, 2.24) is 0 Å². The van der Waals surface area contributed by atoms with Gasteiger partial charge in [0, 0.05) is 17.0 Å². The van der Waals surface area contributed by atoms with Crippen LogP contribution in [0.25, 0.3) is 0 Å². The Kier molecular flexibility index (Phi) is 3.11. The van der Waals surface area contributed by atoms with Crippen LogP contribution in [0.1, 0.15) is 18.1 Å². The van der Waals surface area contributed by atoms with Gasteiger partial charge in [-0.15, -0.1) is 0 Å². The van der Waals surface area contributed by atoms with Crippen LogP contribution in [0, 0.1) is 12.7 Å². The smallest absolute Gasteiger partial charge is 0.166 e. The highest BCUT2D eigenvalue weighted by molar-refractivity contribution is 6.31. The average Bonchev–Trinajstić information content (AvgIpc) is 2.09. The lowest BCUT2D eigenvalue weighted by molar-refractivity contribution is -0.116. The molecule has 0 aliphatic rings. The molecular weight excluding hydrogens is 207 g/mol. The van der Waals surface area contributed by atoms with Crippen LogP contribution in [-0.4, -0.2) is 10.9 Å². The summed E-state index contributed by atoms with van der Waals surface area (Å²) in [5.74, 6) is -1.43. The number of halogens is 2. The fourth-order valence-corrected chi connectivity index (χ4v) is 1.43. The van der Waals surface area contributed by atoms with Crippen LogP contribution < -0.4 is 0 Å². The van der Waals surface area contributed by atoms with E-state index in [2.05, 4.69) is 0 Å². The minimum Gasteiger partial charge on any atom is -0.505 e. The Balaban J connectivity index is 3.31. The van der Waals surface area contributed by atoms with Gasteiger partial charge in [0.2, 0.25) is 0 Å². The van der Waals surface area contributed by atoms with Crippen LogP contribution in [0.3, 0.4) is 0 Å². The third-order valence-corrected chi connectivity index (χ3v) is 2.39. The summed E-state index contributed by atoms with van der Waals surface area (Å²) in [6.45, 7) is 3.01. The number of carbonyl (C=O) groups is 1. The molecule has 0 amide bonds. The van der Waals surface area contributed by atoms with Crippen LogP contribution in [0.15, 0.2) is 6.07 Å². The van der Waals surface area contributed by atoms with Crippen LogP contribution >= 0.6 is 11.6 Å². The zero-order valence-corrected chi connectivity index (χ0v) is 8.65. The molecule has 0 saturated carbocycles. The van der Waals surface area contributed by atoms with E-state index in [1.807, 2.05) is 0 Å². The lowest BCUT2D eigenvalue weighted by atomic mass is 10.0. The van der Waals surface area contributed by atoms with E-state index in [1.54, 1.807) is 6.92 Å². The van der Waals surface area contributed by atoms with E-state index >= 15 is 0 Å². The zero-order chi connectivity index (χ0) is 10.9. The van der Waals surface area contributed by atoms with E-state index in [0.29, 0.717) is 5.56 Å².